The molecule has 0 fully saturated rings. The van der Waals surface area contributed by atoms with Gasteiger partial charge in [-0.1, -0.05) is 24.6 Å². The number of hydrogen-bond donors (Lipinski definition) is 1. The molecule has 1 aliphatic rings. The lowest BCUT2D eigenvalue weighted by molar-refractivity contribution is 0.112. The molecule has 28 heavy (non-hydrogen) atoms. The number of imidazole rings is 1. The van der Waals surface area contributed by atoms with Crippen molar-refractivity contribution in [2.45, 2.75) is 19.4 Å². The number of benzene rings is 2. The van der Waals surface area contributed by atoms with Gasteiger partial charge in [0.1, 0.15) is 17.6 Å². The van der Waals surface area contributed by atoms with Crippen LogP contribution in [0.25, 0.3) is 33.5 Å². The molecule has 142 valence electrons. The summed E-state index contributed by atoms with van der Waals surface area (Å²) < 4.78 is 18.6. The fraction of sp³-hybridized carbons (Fsp3) is 0.238. The van der Waals surface area contributed by atoms with Crippen molar-refractivity contribution in [2.75, 3.05) is 11.9 Å². The topological polar surface area (TPSA) is 51.9 Å². The Morgan fingerprint density at radius 1 is 1.32 bits per heavy atom. The first kappa shape index (κ1) is 17.3. The molecule has 0 aliphatic carbocycles. The first-order valence-corrected chi connectivity index (χ1v) is 9.60. The summed E-state index contributed by atoms with van der Waals surface area (Å²) in [6.45, 7) is 2.90. The third kappa shape index (κ3) is 2.24. The van der Waals surface area contributed by atoms with Gasteiger partial charge in [0.2, 0.25) is 0 Å². The third-order valence-electron chi connectivity index (χ3n) is 5.61. The van der Waals surface area contributed by atoms with Crippen molar-refractivity contribution in [3.63, 3.8) is 0 Å². The number of halogens is 2. The van der Waals surface area contributed by atoms with Crippen molar-refractivity contribution < 1.29 is 9.18 Å². The van der Waals surface area contributed by atoms with Crippen molar-refractivity contribution in [2.24, 2.45) is 7.05 Å². The van der Waals surface area contributed by atoms with Crippen LogP contribution < -0.4 is 5.32 Å². The average Bonchev–Trinajstić information content (AvgIpc) is 3.23. The largest absolute Gasteiger partial charge is 0.380 e. The fourth-order valence-corrected chi connectivity index (χ4v) is 4.49. The lowest BCUT2D eigenvalue weighted by Crippen LogP contribution is -2.24. The van der Waals surface area contributed by atoms with Crippen LogP contribution in [0.3, 0.4) is 0 Å². The molecule has 2 aromatic carbocycles. The smallest absolute Gasteiger partial charge is 0.157 e. The zero-order valence-electron chi connectivity index (χ0n) is 15.5. The molecular weight excluding hydrogens is 379 g/mol. The number of anilines is 1. The van der Waals surface area contributed by atoms with Gasteiger partial charge in [0.15, 0.2) is 5.82 Å². The molecule has 0 spiro atoms. The molecule has 3 heterocycles. The van der Waals surface area contributed by atoms with Gasteiger partial charge in [0, 0.05) is 24.5 Å². The van der Waals surface area contributed by atoms with Gasteiger partial charge < -0.3 is 14.5 Å². The third-order valence-corrected chi connectivity index (χ3v) is 5.93. The molecule has 0 saturated carbocycles. The molecule has 1 atom stereocenters. The minimum Gasteiger partial charge on any atom is -0.380 e. The van der Waals surface area contributed by atoms with Gasteiger partial charge in [0.25, 0.3) is 0 Å². The Morgan fingerprint density at radius 3 is 2.89 bits per heavy atom. The summed E-state index contributed by atoms with van der Waals surface area (Å²) in [7, 11) is 1.80. The number of nitrogens with one attached hydrogen (secondary N) is 1. The molecule has 1 unspecified atom stereocenters. The van der Waals surface area contributed by atoms with E-state index in [-0.39, 0.29) is 11.6 Å². The van der Waals surface area contributed by atoms with E-state index in [9.17, 15) is 9.18 Å². The van der Waals surface area contributed by atoms with Crippen molar-refractivity contribution in [1.82, 2.24) is 14.1 Å². The second-order valence-electron chi connectivity index (χ2n) is 7.19. The van der Waals surface area contributed by atoms with Crippen molar-refractivity contribution in [3.8, 4) is 11.5 Å². The molecule has 0 bridgehead atoms. The summed E-state index contributed by atoms with van der Waals surface area (Å²) in [5.74, 6) is 0.212. The van der Waals surface area contributed by atoms with Gasteiger partial charge in [-0.25, -0.2) is 9.37 Å². The van der Waals surface area contributed by atoms with Gasteiger partial charge in [-0.2, -0.15) is 0 Å². The lowest BCUT2D eigenvalue weighted by atomic mass is 10.1. The van der Waals surface area contributed by atoms with Crippen LogP contribution in [0.5, 0.6) is 0 Å². The zero-order chi connectivity index (χ0) is 19.6. The molecule has 1 N–H and O–H groups in total. The molecule has 5 nitrogen and oxygen atoms in total. The maximum atomic E-state index is 14.6. The minimum atomic E-state index is -0.451. The lowest BCUT2D eigenvalue weighted by Gasteiger charge is -2.28. The Labute approximate surface area is 165 Å². The van der Waals surface area contributed by atoms with Crippen LogP contribution in [-0.2, 0) is 7.05 Å². The SMILES string of the molecule is CCC1CNc2c(Cl)ccc3cc(-c4nc5cc(C=O)cc(F)c5n4C)n1c23. The molecular formula is C21H18ClFN4O. The number of aromatic nitrogens is 3. The van der Waals surface area contributed by atoms with E-state index in [1.165, 1.54) is 6.07 Å². The molecule has 7 heteroatoms. The van der Waals surface area contributed by atoms with Crippen LogP contribution in [0.15, 0.2) is 30.3 Å². The van der Waals surface area contributed by atoms with E-state index in [0.29, 0.717) is 28.2 Å². The van der Waals surface area contributed by atoms with E-state index >= 15 is 0 Å². The van der Waals surface area contributed by atoms with E-state index in [4.69, 9.17) is 16.6 Å². The maximum Gasteiger partial charge on any atom is 0.157 e. The normalized spacial score (nSPS) is 15.9. The van der Waals surface area contributed by atoms with Crippen LogP contribution in [0.1, 0.15) is 29.7 Å². The number of carbonyl (C=O) groups excluding carboxylic acids is 1. The van der Waals surface area contributed by atoms with Crippen LogP contribution in [0, 0.1) is 5.82 Å². The number of nitrogens with zero attached hydrogens (tertiary/aromatic N) is 3. The minimum absolute atomic E-state index is 0.230. The number of aryl methyl sites for hydroxylation is 1. The maximum absolute atomic E-state index is 14.6. The summed E-state index contributed by atoms with van der Waals surface area (Å²) in [6, 6.07) is 9.05. The summed E-state index contributed by atoms with van der Waals surface area (Å²) in [6.07, 6.45) is 1.57. The van der Waals surface area contributed by atoms with Crippen LogP contribution in [0.2, 0.25) is 5.02 Å². The van der Waals surface area contributed by atoms with Gasteiger partial charge in [0.05, 0.1) is 33.5 Å². The molecule has 2 aromatic heterocycles. The highest BCUT2D eigenvalue weighted by Crippen LogP contribution is 2.42. The molecule has 0 amide bonds. The highest BCUT2D eigenvalue weighted by molar-refractivity contribution is 6.35. The molecule has 0 saturated heterocycles. The van der Waals surface area contributed by atoms with E-state index in [1.54, 1.807) is 17.7 Å². The number of fused-ring (bicyclic) bond motifs is 1. The fourth-order valence-electron chi connectivity index (χ4n) is 4.27. The Kier molecular flexibility index (Phi) is 3.74. The molecule has 5 rings (SSSR count). The van der Waals surface area contributed by atoms with E-state index < -0.39 is 5.82 Å². The summed E-state index contributed by atoms with van der Waals surface area (Å²) in [5.41, 5.74) is 4.01. The second-order valence-corrected chi connectivity index (χ2v) is 7.59. The Balaban J connectivity index is 1.86. The number of carbonyl (C=O) groups is 1. The van der Waals surface area contributed by atoms with Gasteiger partial charge in [-0.3, -0.25) is 4.79 Å². The summed E-state index contributed by atoms with van der Waals surface area (Å²) in [4.78, 5) is 15.8. The molecule has 0 radical (unpaired) electrons. The van der Waals surface area contributed by atoms with Crippen LogP contribution >= 0.6 is 11.6 Å². The van der Waals surface area contributed by atoms with Crippen molar-refractivity contribution in [1.29, 1.82) is 0 Å². The van der Waals surface area contributed by atoms with Crippen LogP contribution in [0.4, 0.5) is 10.1 Å². The Hall–Kier alpha value is -2.86. The summed E-state index contributed by atoms with van der Waals surface area (Å²) in [5, 5.41) is 5.18. The van der Waals surface area contributed by atoms with Crippen molar-refractivity contribution >= 4 is 45.5 Å². The average molecular weight is 397 g/mol. The number of aldehydes is 1. The summed E-state index contributed by atoms with van der Waals surface area (Å²) >= 11 is 6.43. The quantitative estimate of drug-likeness (QED) is 0.485. The van der Waals surface area contributed by atoms with E-state index in [0.717, 1.165) is 35.2 Å². The molecule has 4 aromatic rings. The number of hydrogen-bond acceptors (Lipinski definition) is 3. The van der Waals surface area contributed by atoms with E-state index in [1.807, 2.05) is 12.1 Å². The monoisotopic (exact) mass is 396 g/mol. The predicted molar refractivity (Wildman–Crippen MR) is 110 cm³/mol. The second kappa shape index (κ2) is 6.07. The van der Waals surface area contributed by atoms with Gasteiger partial charge in [-0.15, -0.1) is 0 Å². The van der Waals surface area contributed by atoms with Crippen LogP contribution in [-0.4, -0.2) is 26.9 Å². The first-order chi connectivity index (χ1) is 13.5. The zero-order valence-corrected chi connectivity index (χ0v) is 16.2. The highest BCUT2D eigenvalue weighted by Gasteiger charge is 2.27. The van der Waals surface area contributed by atoms with E-state index in [2.05, 4.69) is 22.9 Å². The predicted octanol–water partition coefficient (Wildman–Crippen LogP) is 5.18. The Morgan fingerprint density at radius 2 is 2.14 bits per heavy atom. The highest BCUT2D eigenvalue weighted by atomic mass is 35.5. The Bertz CT molecular complexity index is 1270. The molecule has 1 aliphatic heterocycles. The van der Waals surface area contributed by atoms with Gasteiger partial charge in [-0.05, 0) is 30.7 Å². The standard InChI is InChI=1S/C21H18ClFN4O/c1-3-13-9-24-18-14(22)5-4-12-8-17(27(13)19(12)18)21-25-16-7-11(10-28)6-15(23)20(16)26(21)2/h4-8,10,13,24H,3,9H2,1-2H3. The van der Waals surface area contributed by atoms with Gasteiger partial charge >= 0.3 is 0 Å². The first-order valence-electron chi connectivity index (χ1n) is 9.22. The van der Waals surface area contributed by atoms with Crippen molar-refractivity contribution in [3.05, 3.63) is 46.7 Å². The number of rotatable bonds is 3.